The fourth-order valence-corrected chi connectivity index (χ4v) is 1.99. The van der Waals surface area contributed by atoms with Crippen LogP contribution in [0.15, 0.2) is 18.3 Å². The molecule has 3 nitrogen and oxygen atoms in total. The first-order chi connectivity index (χ1) is 7.31. The number of aryl methyl sites for hydroxylation is 1. The van der Waals surface area contributed by atoms with Crippen molar-refractivity contribution in [2.24, 2.45) is 0 Å². The van der Waals surface area contributed by atoms with E-state index in [1.165, 1.54) is 0 Å². The SMILES string of the molecule is CCCn1nccc1C1=CC(=O)CCC1. The Morgan fingerprint density at radius 2 is 2.33 bits per heavy atom. The first kappa shape index (κ1) is 10.1. The molecule has 0 atom stereocenters. The van der Waals surface area contributed by atoms with Crippen molar-refractivity contribution in [2.75, 3.05) is 0 Å². The Balaban J connectivity index is 2.28. The summed E-state index contributed by atoms with van der Waals surface area (Å²) in [6.07, 6.45) is 7.34. The summed E-state index contributed by atoms with van der Waals surface area (Å²) in [6, 6.07) is 2.00. The number of rotatable bonds is 3. The van der Waals surface area contributed by atoms with Crippen LogP contribution in [0.25, 0.3) is 5.57 Å². The molecule has 0 aromatic carbocycles. The molecule has 1 aliphatic carbocycles. The molecule has 15 heavy (non-hydrogen) atoms. The normalized spacial score (nSPS) is 16.6. The first-order valence-corrected chi connectivity index (χ1v) is 5.57. The predicted molar refractivity (Wildman–Crippen MR) is 59.4 cm³/mol. The molecule has 1 aromatic heterocycles. The summed E-state index contributed by atoms with van der Waals surface area (Å²) in [4.78, 5) is 11.3. The number of ketones is 1. The third-order valence-corrected chi connectivity index (χ3v) is 2.69. The van der Waals surface area contributed by atoms with Gasteiger partial charge in [0, 0.05) is 19.2 Å². The number of hydrogen-bond donors (Lipinski definition) is 0. The zero-order valence-corrected chi connectivity index (χ0v) is 9.07. The van der Waals surface area contributed by atoms with Crippen molar-refractivity contribution >= 4 is 11.4 Å². The molecule has 3 heteroatoms. The van der Waals surface area contributed by atoms with Crippen LogP contribution in [0.2, 0.25) is 0 Å². The molecular formula is C12H16N2O. The Morgan fingerprint density at radius 3 is 3.07 bits per heavy atom. The number of carbonyl (C=O) groups is 1. The van der Waals surface area contributed by atoms with Gasteiger partial charge in [0.1, 0.15) is 0 Å². The van der Waals surface area contributed by atoms with Crippen LogP contribution in [0.5, 0.6) is 0 Å². The van der Waals surface area contributed by atoms with E-state index in [-0.39, 0.29) is 5.78 Å². The Bertz CT molecular complexity index is 390. The number of aromatic nitrogens is 2. The Kier molecular flexibility index (Phi) is 2.99. The molecule has 0 spiro atoms. The minimum Gasteiger partial charge on any atom is -0.295 e. The lowest BCUT2D eigenvalue weighted by atomic mass is 9.96. The highest BCUT2D eigenvalue weighted by Crippen LogP contribution is 2.24. The second kappa shape index (κ2) is 4.43. The van der Waals surface area contributed by atoms with Crippen LogP contribution in [-0.4, -0.2) is 15.6 Å². The van der Waals surface area contributed by atoms with Gasteiger partial charge in [0.25, 0.3) is 0 Å². The van der Waals surface area contributed by atoms with Gasteiger partial charge in [-0.2, -0.15) is 5.10 Å². The average molecular weight is 204 g/mol. The summed E-state index contributed by atoms with van der Waals surface area (Å²) < 4.78 is 1.99. The highest BCUT2D eigenvalue weighted by atomic mass is 16.1. The summed E-state index contributed by atoms with van der Waals surface area (Å²) in [6.45, 7) is 3.06. The monoisotopic (exact) mass is 204 g/mol. The average Bonchev–Trinajstić information content (AvgIpc) is 2.66. The molecule has 80 valence electrons. The van der Waals surface area contributed by atoms with E-state index in [1.807, 2.05) is 16.9 Å². The van der Waals surface area contributed by atoms with Crippen molar-refractivity contribution in [2.45, 2.75) is 39.2 Å². The maximum absolute atomic E-state index is 11.3. The molecule has 0 unspecified atom stereocenters. The lowest BCUT2D eigenvalue weighted by Gasteiger charge is -2.13. The van der Waals surface area contributed by atoms with E-state index in [4.69, 9.17) is 0 Å². The zero-order valence-electron chi connectivity index (χ0n) is 9.07. The van der Waals surface area contributed by atoms with Crippen molar-refractivity contribution in [1.82, 2.24) is 9.78 Å². The highest BCUT2D eigenvalue weighted by molar-refractivity contribution is 5.97. The van der Waals surface area contributed by atoms with Crippen LogP contribution in [0, 0.1) is 0 Å². The highest BCUT2D eigenvalue weighted by Gasteiger charge is 2.14. The summed E-state index contributed by atoms with van der Waals surface area (Å²) in [7, 11) is 0. The third kappa shape index (κ3) is 2.17. The van der Waals surface area contributed by atoms with Gasteiger partial charge in [-0.1, -0.05) is 6.92 Å². The van der Waals surface area contributed by atoms with Crippen LogP contribution < -0.4 is 0 Å². The molecular weight excluding hydrogens is 188 g/mol. The van der Waals surface area contributed by atoms with Crippen molar-refractivity contribution in [1.29, 1.82) is 0 Å². The summed E-state index contributed by atoms with van der Waals surface area (Å²) in [5.74, 6) is 0.250. The molecule has 0 saturated carbocycles. The van der Waals surface area contributed by atoms with Gasteiger partial charge < -0.3 is 0 Å². The molecule has 2 rings (SSSR count). The molecule has 0 fully saturated rings. The molecule has 1 aliphatic rings. The zero-order chi connectivity index (χ0) is 10.7. The van der Waals surface area contributed by atoms with Gasteiger partial charge in [-0.3, -0.25) is 9.48 Å². The summed E-state index contributed by atoms with van der Waals surface area (Å²) in [5.41, 5.74) is 2.27. The molecule has 1 heterocycles. The molecule has 0 bridgehead atoms. The number of allylic oxidation sites excluding steroid dienone is 2. The van der Waals surface area contributed by atoms with Crippen LogP contribution >= 0.6 is 0 Å². The van der Waals surface area contributed by atoms with E-state index < -0.39 is 0 Å². The van der Waals surface area contributed by atoms with Crippen molar-refractivity contribution in [3.05, 3.63) is 24.0 Å². The maximum atomic E-state index is 11.3. The van der Waals surface area contributed by atoms with Gasteiger partial charge >= 0.3 is 0 Å². The van der Waals surface area contributed by atoms with E-state index in [2.05, 4.69) is 12.0 Å². The van der Waals surface area contributed by atoms with Crippen LogP contribution in [-0.2, 0) is 11.3 Å². The maximum Gasteiger partial charge on any atom is 0.156 e. The number of hydrogen-bond acceptors (Lipinski definition) is 2. The third-order valence-electron chi connectivity index (χ3n) is 2.69. The van der Waals surface area contributed by atoms with E-state index in [0.29, 0.717) is 6.42 Å². The predicted octanol–water partition coefficient (Wildman–Crippen LogP) is 2.43. The number of carbonyl (C=O) groups excluding carboxylic acids is 1. The van der Waals surface area contributed by atoms with Gasteiger partial charge in [0.05, 0.1) is 5.69 Å². The van der Waals surface area contributed by atoms with E-state index in [9.17, 15) is 4.79 Å². The van der Waals surface area contributed by atoms with Gasteiger partial charge in [-0.05, 0) is 37.0 Å². The van der Waals surface area contributed by atoms with E-state index >= 15 is 0 Å². The van der Waals surface area contributed by atoms with Crippen molar-refractivity contribution < 1.29 is 4.79 Å². The summed E-state index contributed by atoms with van der Waals surface area (Å²) >= 11 is 0. The van der Waals surface area contributed by atoms with E-state index in [0.717, 1.165) is 37.1 Å². The topological polar surface area (TPSA) is 34.9 Å². The van der Waals surface area contributed by atoms with Gasteiger partial charge in [-0.25, -0.2) is 0 Å². The summed E-state index contributed by atoms with van der Waals surface area (Å²) in [5, 5.41) is 4.27. The van der Waals surface area contributed by atoms with Gasteiger partial charge in [0.2, 0.25) is 0 Å². The lowest BCUT2D eigenvalue weighted by Crippen LogP contribution is -2.08. The molecule has 0 N–H and O–H groups in total. The molecule has 0 radical (unpaired) electrons. The minimum atomic E-state index is 0.250. The Labute approximate surface area is 89.8 Å². The van der Waals surface area contributed by atoms with Crippen molar-refractivity contribution in [3.63, 3.8) is 0 Å². The van der Waals surface area contributed by atoms with Crippen LogP contribution in [0.1, 0.15) is 38.3 Å². The second-order valence-electron chi connectivity index (χ2n) is 3.93. The van der Waals surface area contributed by atoms with Crippen molar-refractivity contribution in [3.8, 4) is 0 Å². The molecule has 0 amide bonds. The van der Waals surface area contributed by atoms with Gasteiger partial charge in [-0.15, -0.1) is 0 Å². The standard InChI is InChI=1S/C12H16N2O/c1-2-8-14-12(6-7-13-14)10-4-3-5-11(15)9-10/h6-7,9H,2-5,8H2,1H3. The molecule has 0 aliphatic heterocycles. The number of nitrogens with zero attached hydrogens (tertiary/aromatic N) is 2. The van der Waals surface area contributed by atoms with Crippen LogP contribution in [0.3, 0.4) is 0 Å². The van der Waals surface area contributed by atoms with E-state index in [1.54, 1.807) is 6.08 Å². The largest absolute Gasteiger partial charge is 0.295 e. The Hall–Kier alpha value is -1.38. The molecule has 0 saturated heterocycles. The Morgan fingerprint density at radius 1 is 1.47 bits per heavy atom. The fraction of sp³-hybridized carbons (Fsp3) is 0.500. The minimum absolute atomic E-state index is 0.250. The fourth-order valence-electron chi connectivity index (χ4n) is 1.99. The molecule has 1 aromatic rings. The van der Waals surface area contributed by atoms with Crippen LogP contribution in [0.4, 0.5) is 0 Å². The second-order valence-corrected chi connectivity index (χ2v) is 3.93. The smallest absolute Gasteiger partial charge is 0.156 e. The quantitative estimate of drug-likeness (QED) is 0.758. The van der Waals surface area contributed by atoms with Gasteiger partial charge in [0.15, 0.2) is 5.78 Å². The lowest BCUT2D eigenvalue weighted by molar-refractivity contribution is -0.114. The first-order valence-electron chi connectivity index (χ1n) is 5.57.